The van der Waals surface area contributed by atoms with Crippen LogP contribution in [0.2, 0.25) is 0 Å². The molecule has 0 saturated heterocycles. The largest absolute Gasteiger partial charge is 0.481 e. The van der Waals surface area contributed by atoms with E-state index in [9.17, 15) is 14.4 Å². The summed E-state index contributed by atoms with van der Waals surface area (Å²) in [7, 11) is 0. The molecule has 0 aliphatic rings. The van der Waals surface area contributed by atoms with E-state index in [2.05, 4.69) is 10.6 Å². The zero-order valence-electron chi connectivity index (χ0n) is 12.1. The van der Waals surface area contributed by atoms with E-state index in [0.29, 0.717) is 32.5 Å². The fourth-order valence-corrected chi connectivity index (χ4v) is 1.47. The minimum atomic E-state index is -0.833. The molecule has 0 bridgehead atoms. The quantitative estimate of drug-likeness (QED) is 0.413. The highest BCUT2D eigenvalue weighted by molar-refractivity contribution is 5.74. The van der Waals surface area contributed by atoms with Crippen LogP contribution in [0.4, 0.5) is 4.79 Å². The molecule has 3 N–H and O–H groups in total. The summed E-state index contributed by atoms with van der Waals surface area (Å²) in [5, 5.41) is 13.8. The van der Waals surface area contributed by atoms with E-state index < -0.39 is 5.97 Å². The Morgan fingerprint density at radius 3 is 2.50 bits per heavy atom. The lowest BCUT2D eigenvalue weighted by atomic mass is 10.1. The fourth-order valence-electron chi connectivity index (χ4n) is 1.47. The summed E-state index contributed by atoms with van der Waals surface area (Å²) in [6.45, 7) is 4.81. The zero-order chi connectivity index (χ0) is 15.4. The van der Waals surface area contributed by atoms with E-state index in [1.54, 1.807) is 6.92 Å². The monoisotopic (exact) mass is 288 g/mol. The molecular weight excluding hydrogens is 264 g/mol. The molecule has 20 heavy (non-hydrogen) atoms. The van der Waals surface area contributed by atoms with Crippen molar-refractivity contribution in [2.24, 2.45) is 5.92 Å². The van der Waals surface area contributed by atoms with Gasteiger partial charge in [-0.1, -0.05) is 6.92 Å². The molecule has 0 aromatic carbocycles. The number of rotatable bonds is 10. The number of nitrogens with one attached hydrogen (secondary N) is 2. The summed E-state index contributed by atoms with van der Waals surface area (Å²) >= 11 is 0. The lowest BCUT2D eigenvalue weighted by molar-refractivity contribution is -0.143. The van der Waals surface area contributed by atoms with Crippen molar-refractivity contribution in [1.29, 1.82) is 0 Å². The van der Waals surface area contributed by atoms with Crippen molar-refractivity contribution in [3.05, 3.63) is 0 Å². The van der Waals surface area contributed by atoms with E-state index in [1.165, 1.54) is 0 Å². The molecule has 0 aliphatic carbocycles. The van der Waals surface area contributed by atoms with Gasteiger partial charge in [-0.05, 0) is 25.7 Å². The normalized spacial score (nSPS) is 11.5. The molecule has 7 heteroatoms. The number of urea groups is 1. The van der Waals surface area contributed by atoms with E-state index in [4.69, 9.17) is 9.84 Å². The minimum absolute atomic E-state index is 0.101. The zero-order valence-corrected chi connectivity index (χ0v) is 12.1. The molecular formula is C13H24N2O5. The van der Waals surface area contributed by atoms with Crippen LogP contribution in [-0.4, -0.2) is 42.8 Å². The number of carboxylic acid groups (broad SMARTS) is 1. The van der Waals surface area contributed by atoms with Crippen molar-refractivity contribution >= 4 is 18.0 Å². The summed E-state index contributed by atoms with van der Waals surface area (Å²) in [4.78, 5) is 32.8. The van der Waals surface area contributed by atoms with Crippen LogP contribution >= 0.6 is 0 Å². The number of aliphatic carboxylic acids is 1. The van der Waals surface area contributed by atoms with E-state index >= 15 is 0 Å². The third-order valence-corrected chi connectivity index (χ3v) is 2.61. The van der Waals surface area contributed by atoms with Crippen molar-refractivity contribution in [2.75, 3.05) is 19.7 Å². The molecule has 0 saturated carbocycles. The summed E-state index contributed by atoms with van der Waals surface area (Å²) in [5.41, 5.74) is 0. The average molecular weight is 288 g/mol. The Labute approximate surface area is 119 Å². The third kappa shape index (κ3) is 11.3. The average Bonchev–Trinajstić information content (AvgIpc) is 2.39. The van der Waals surface area contributed by atoms with E-state index in [0.717, 1.165) is 0 Å². The van der Waals surface area contributed by atoms with Crippen LogP contribution in [0.3, 0.4) is 0 Å². The Morgan fingerprint density at radius 1 is 1.20 bits per heavy atom. The molecule has 0 heterocycles. The fraction of sp³-hybridized carbons (Fsp3) is 0.769. The van der Waals surface area contributed by atoms with Crippen LogP contribution in [0.1, 0.15) is 39.5 Å². The first kappa shape index (κ1) is 18.2. The lowest BCUT2D eigenvalue weighted by Gasteiger charge is -2.12. The molecule has 0 radical (unpaired) electrons. The number of hydrogen-bond acceptors (Lipinski definition) is 4. The molecule has 0 spiro atoms. The van der Waals surface area contributed by atoms with Crippen LogP contribution in [0.15, 0.2) is 0 Å². The first-order valence-electron chi connectivity index (χ1n) is 6.84. The molecule has 0 fully saturated rings. The van der Waals surface area contributed by atoms with E-state index in [1.807, 2.05) is 6.92 Å². The molecule has 1 atom stereocenters. The molecule has 1 unspecified atom stereocenters. The Bertz CT molecular complexity index is 320. The molecule has 2 amide bonds. The second kappa shape index (κ2) is 11.1. The van der Waals surface area contributed by atoms with Gasteiger partial charge in [0.05, 0.1) is 6.61 Å². The molecule has 0 rings (SSSR count). The highest BCUT2D eigenvalue weighted by Gasteiger charge is 2.07. The third-order valence-electron chi connectivity index (χ3n) is 2.61. The molecule has 0 aromatic rings. The van der Waals surface area contributed by atoms with Crippen LogP contribution in [0.5, 0.6) is 0 Å². The molecule has 7 nitrogen and oxygen atoms in total. The number of carbonyl (C=O) groups excluding carboxylic acids is 2. The van der Waals surface area contributed by atoms with Gasteiger partial charge in [0.1, 0.15) is 0 Å². The standard InChI is InChI=1S/C13H24N2O5/c1-3-20-12(18)5-4-8-14-13(19)15-9-10(2)6-7-11(16)17/h10H,3-9H2,1-2H3,(H,16,17)(H2,14,15,19). The summed E-state index contributed by atoms with van der Waals surface area (Å²) in [5.74, 6) is -0.992. The summed E-state index contributed by atoms with van der Waals surface area (Å²) < 4.78 is 4.76. The van der Waals surface area contributed by atoms with Gasteiger partial charge in [0.25, 0.3) is 0 Å². The van der Waals surface area contributed by atoms with Gasteiger partial charge in [-0.3, -0.25) is 9.59 Å². The Hall–Kier alpha value is -1.79. The predicted molar refractivity (Wildman–Crippen MR) is 73.3 cm³/mol. The van der Waals surface area contributed by atoms with Crippen LogP contribution in [0.25, 0.3) is 0 Å². The second-order valence-electron chi connectivity index (χ2n) is 4.58. The van der Waals surface area contributed by atoms with Crippen molar-refractivity contribution < 1.29 is 24.2 Å². The van der Waals surface area contributed by atoms with Gasteiger partial charge >= 0.3 is 18.0 Å². The predicted octanol–water partition coefficient (Wildman–Crippen LogP) is 1.13. The number of ether oxygens (including phenoxy) is 1. The number of amides is 2. The Morgan fingerprint density at radius 2 is 1.90 bits per heavy atom. The molecule has 116 valence electrons. The number of esters is 1. The number of carbonyl (C=O) groups is 3. The Balaban J connectivity index is 3.54. The van der Waals surface area contributed by atoms with Crippen LogP contribution in [0, 0.1) is 5.92 Å². The SMILES string of the molecule is CCOC(=O)CCCNC(=O)NCC(C)CCC(=O)O. The van der Waals surface area contributed by atoms with Gasteiger partial charge < -0.3 is 20.5 Å². The van der Waals surface area contributed by atoms with Gasteiger partial charge in [0, 0.05) is 25.9 Å². The Kier molecular flexibility index (Phi) is 10.1. The van der Waals surface area contributed by atoms with Gasteiger partial charge in [-0.25, -0.2) is 4.79 Å². The lowest BCUT2D eigenvalue weighted by Crippen LogP contribution is -2.38. The van der Waals surface area contributed by atoms with Crippen molar-refractivity contribution in [2.45, 2.75) is 39.5 Å². The van der Waals surface area contributed by atoms with Crippen molar-refractivity contribution in [3.63, 3.8) is 0 Å². The van der Waals surface area contributed by atoms with Crippen molar-refractivity contribution in [1.82, 2.24) is 10.6 Å². The van der Waals surface area contributed by atoms with Gasteiger partial charge in [-0.15, -0.1) is 0 Å². The maximum Gasteiger partial charge on any atom is 0.314 e. The highest BCUT2D eigenvalue weighted by Crippen LogP contribution is 2.03. The van der Waals surface area contributed by atoms with Gasteiger partial charge in [0.15, 0.2) is 0 Å². The maximum absolute atomic E-state index is 11.4. The first-order chi connectivity index (χ1) is 9.45. The van der Waals surface area contributed by atoms with Gasteiger partial charge in [0.2, 0.25) is 0 Å². The molecule has 0 aliphatic heterocycles. The van der Waals surface area contributed by atoms with Crippen molar-refractivity contribution in [3.8, 4) is 0 Å². The number of carboxylic acids is 1. The highest BCUT2D eigenvalue weighted by atomic mass is 16.5. The van der Waals surface area contributed by atoms with E-state index in [-0.39, 0.29) is 30.8 Å². The topological polar surface area (TPSA) is 105 Å². The minimum Gasteiger partial charge on any atom is -0.481 e. The maximum atomic E-state index is 11.4. The number of hydrogen-bond donors (Lipinski definition) is 3. The molecule has 0 aromatic heterocycles. The van der Waals surface area contributed by atoms with Gasteiger partial charge in [-0.2, -0.15) is 0 Å². The second-order valence-corrected chi connectivity index (χ2v) is 4.58. The first-order valence-corrected chi connectivity index (χ1v) is 6.84. The summed E-state index contributed by atoms with van der Waals surface area (Å²) in [6, 6.07) is -0.309. The van der Waals surface area contributed by atoms with Crippen LogP contribution < -0.4 is 10.6 Å². The smallest absolute Gasteiger partial charge is 0.314 e. The summed E-state index contributed by atoms with van der Waals surface area (Å²) in [6.07, 6.45) is 1.44. The van der Waals surface area contributed by atoms with Crippen LogP contribution in [-0.2, 0) is 14.3 Å².